The molecule has 0 aliphatic carbocycles. The third kappa shape index (κ3) is 11.9. The summed E-state index contributed by atoms with van der Waals surface area (Å²) in [5.41, 5.74) is 12.1. The third-order valence-corrected chi connectivity index (χ3v) is 11.4. The molecule has 55 heavy (non-hydrogen) atoms. The fourth-order valence-electron chi connectivity index (χ4n) is 6.86. The van der Waals surface area contributed by atoms with E-state index in [1.807, 2.05) is 89.5 Å². The molecule has 2 heterocycles. The molecule has 1 fully saturated rings. The molecule has 0 unspecified atom stereocenters. The number of carbonyl (C=O) groups is 5. The Kier molecular flexibility index (Phi) is 15.1. The molecular weight excluding hydrogens is 717 g/mol. The maximum Gasteiger partial charge on any atom is 0.246 e. The molecule has 6 N–H and O–H groups in total. The first kappa shape index (κ1) is 43.1. The number of benzene rings is 2. The van der Waals surface area contributed by atoms with Crippen LogP contribution in [0.15, 0.2) is 48.0 Å². The molecule has 298 valence electrons. The van der Waals surface area contributed by atoms with Crippen molar-refractivity contribution in [2.45, 2.75) is 124 Å². The van der Waals surface area contributed by atoms with Crippen LogP contribution in [-0.4, -0.2) is 69.3 Å². The van der Waals surface area contributed by atoms with E-state index in [0.717, 1.165) is 57.8 Å². The number of primary amides is 1. The summed E-state index contributed by atoms with van der Waals surface area (Å²) < 4.78 is 0. The van der Waals surface area contributed by atoms with Crippen LogP contribution in [0.1, 0.15) is 108 Å². The Labute approximate surface area is 329 Å². The summed E-state index contributed by atoms with van der Waals surface area (Å²) in [6.07, 6.45) is 3.06. The summed E-state index contributed by atoms with van der Waals surface area (Å²) in [4.78, 5) is 71.4. The zero-order valence-electron chi connectivity index (χ0n) is 33.2. The van der Waals surface area contributed by atoms with Gasteiger partial charge < -0.3 is 31.7 Å². The van der Waals surface area contributed by atoms with Gasteiger partial charge in [0, 0.05) is 37.4 Å². The first-order chi connectivity index (χ1) is 26.0. The van der Waals surface area contributed by atoms with Crippen molar-refractivity contribution in [2.75, 3.05) is 11.9 Å². The number of β-amino-alcohol motifs (C(OH)–C–C–N with tert-alkyl or cyclic N) is 1. The number of nitrogens with zero attached hydrogens (tertiary/aromatic N) is 2. The van der Waals surface area contributed by atoms with E-state index in [-0.39, 0.29) is 61.4 Å². The number of aliphatic hydroxyl groups is 1. The summed E-state index contributed by atoms with van der Waals surface area (Å²) in [5, 5.41) is 19.6. The van der Waals surface area contributed by atoms with E-state index in [9.17, 15) is 29.1 Å². The average Bonchev–Trinajstić information content (AvgIpc) is 3.75. The number of amides is 5. The largest absolute Gasteiger partial charge is 0.391 e. The van der Waals surface area contributed by atoms with E-state index >= 15 is 0 Å². The minimum absolute atomic E-state index is 0.00919. The fourth-order valence-corrected chi connectivity index (χ4v) is 7.67. The highest BCUT2D eigenvalue weighted by Gasteiger charge is 2.44. The molecule has 0 spiro atoms. The quantitative estimate of drug-likeness (QED) is 0.108. The highest BCUT2D eigenvalue weighted by Crippen LogP contribution is 2.30. The molecule has 12 nitrogen and oxygen atoms in total. The molecule has 1 aliphatic heterocycles. The number of nitrogens with two attached hydrogens (primary N) is 1. The van der Waals surface area contributed by atoms with Gasteiger partial charge in [-0.25, -0.2) is 4.98 Å². The zero-order chi connectivity index (χ0) is 40.4. The minimum atomic E-state index is -0.889. The predicted octanol–water partition coefficient (Wildman–Crippen LogP) is 5.74. The molecule has 1 saturated heterocycles. The molecule has 13 heteroatoms. The van der Waals surface area contributed by atoms with Gasteiger partial charge in [0.15, 0.2) is 0 Å². The van der Waals surface area contributed by atoms with Gasteiger partial charge in [0.05, 0.1) is 28.2 Å². The maximum atomic E-state index is 14.0. The van der Waals surface area contributed by atoms with Crippen molar-refractivity contribution in [3.05, 3.63) is 70.4 Å². The van der Waals surface area contributed by atoms with Gasteiger partial charge in [0.25, 0.3) is 0 Å². The highest BCUT2D eigenvalue weighted by molar-refractivity contribution is 7.13. The number of rotatable bonds is 17. The number of aromatic nitrogens is 1. The van der Waals surface area contributed by atoms with Crippen molar-refractivity contribution in [1.29, 1.82) is 0 Å². The van der Waals surface area contributed by atoms with Crippen LogP contribution in [0, 0.1) is 25.2 Å². The standard InChI is InChI=1S/C42H58N6O6S/c1-25(16-21-35(43)50)39(52)46-33-14-11-13-29(26(33)2)12-9-8-10-15-36(51)47-38(42(5,6)7)41(54)48-23-32(49)22-34(48)40(53)45-27(3)30-17-19-31(20-18-30)37-28(4)44-24-55-37/h11,13-14,17-20,24-25,27,32,34,38,49H,8-10,12,15-16,21-23H2,1-7H3,(H2,43,50)(H,45,53)(H,46,52)(H,47,51)/t25-,27-,32+,34-,38+/m0/s1. The van der Waals surface area contributed by atoms with Crippen LogP contribution in [-0.2, 0) is 30.4 Å². The summed E-state index contributed by atoms with van der Waals surface area (Å²) in [5.74, 6) is -1.92. The second kappa shape index (κ2) is 19.3. The second-order valence-electron chi connectivity index (χ2n) is 15.9. The van der Waals surface area contributed by atoms with E-state index in [0.29, 0.717) is 12.8 Å². The molecule has 3 aromatic rings. The normalized spacial score (nSPS) is 17.3. The van der Waals surface area contributed by atoms with E-state index in [1.165, 1.54) is 4.90 Å². The van der Waals surface area contributed by atoms with Crippen LogP contribution in [0.25, 0.3) is 10.4 Å². The van der Waals surface area contributed by atoms with Crippen LogP contribution in [0.4, 0.5) is 5.69 Å². The van der Waals surface area contributed by atoms with Crippen molar-refractivity contribution < 1.29 is 29.1 Å². The Morgan fingerprint density at radius 3 is 2.33 bits per heavy atom. The fraction of sp³-hybridized carbons (Fsp3) is 0.524. The van der Waals surface area contributed by atoms with Crippen molar-refractivity contribution in [3.8, 4) is 10.4 Å². The monoisotopic (exact) mass is 774 g/mol. The SMILES string of the molecule is Cc1ncsc1-c1ccc([C@H](C)NC(=O)[C@@H]2C[C@@H](O)CN2C(=O)[C@@H](NC(=O)CCCCCc2cccc(NC(=O)[C@@H](C)CCC(N)=O)c2C)C(C)(C)C)cc1. The first-order valence-corrected chi connectivity index (χ1v) is 20.1. The zero-order valence-corrected chi connectivity index (χ0v) is 34.1. The molecule has 0 saturated carbocycles. The molecule has 0 bridgehead atoms. The molecule has 5 atom stereocenters. The van der Waals surface area contributed by atoms with Crippen molar-refractivity contribution in [3.63, 3.8) is 0 Å². The number of thiazole rings is 1. The molecule has 0 radical (unpaired) electrons. The lowest BCUT2D eigenvalue weighted by Crippen LogP contribution is -2.57. The number of aryl methyl sites for hydroxylation is 2. The Hall–Kier alpha value is -4.62. The van der Waals surface area contributed by atoms with Crippen molar-refractivity contribution in [2.24, 2.45) is 17.1 Å². The molecule has 1 aliphatic rings. The van der Waals surface area contributed by atoms with Crippen LogP contribution < -0.4 is 21.7 Å². The van der Waals surface area contributed by atoms with Crippen molar-refractivity contribution in [1.82, 2.24) is 20.5 Å². The summed E-state index contributed by atoms with van der Waals surface area (Å²) in [7, 11) is 0. The number of carbonyl (C=O) groups excluding carboxylic acids is 5. The van der Waals surface area contributed by atoms with E-state index < -0.39 is 29.5 Å². The van der Waals surface area contributed by atoms with Gasteiger partial charge in [0.1, 0.15) is 12.1 Å². The Bertz CT molecular complexity index is 1820. The van der Waals surface area contributed by atoms with Gasteiger partial charge in [0.2, 0.25) is 29.5 Å². The average molecular weight is 775 g/mol. The Morgan fingerprint density at radius 1 is 0.982 bits per heavy atom. The predicted molar refractivity (Wildman–Crippen MR) is 216 cm³/mol. The number of hydrogen-bond donors (Lipinski definition) is 5. The van der Waals surface area contributed by atoms with Gasteiger partial charge in [-0.3, -0.25) is 24.0 Å². The number of likely N-dealkylation sites (tertiary alicyclic amines) is 1. The second-order valence-corrected chi connectivity index (χ2v) is 16.8. The van der Waals surface area contributed by atoms with Gasteiger partial charge in [-0.05, 0) is 80.2 Å². The van der Waals surface area contributed by atoms with E-state index in [2.05, 4.69) is 20.9 Å². The number of nitrogens with one attached hydrogen (secondary N) is 3. The topological polar surface area (TPSA) is 184 Å². The smallest absolute Gasteiger partial charge is 0.246 e. The number of unbranched alkanes of at least 4 members (excludes halogenated alkanes) is 2. The maximum absolute atomic E-state index is 14.0. The molecule has 5 amide bonds. The van der Waals surface area contributed by atoms with E-state index in [1.54, 1.807) is 18.3 Å². The number of hydrogen-bond acceptors (Lipinski definition) is 8. The molecule has 1 aromatic heterocycles. The van der Waals surface area contributed by atoms with Gasteiger partial charge in [-0.1, -0.05) is 70.5 Å². The summed E-state index contributed by atoms with van der Waals surface area (Å²) in [6, 6.07) is 11.7. The summed E-state index contributed by atoms with van der Waals surface area (Å²) >= 11 is 1.58. The lowest BCUT2D eigenvalue weighted by atomic mass is 9.85. The van der Waals surface area contributed by atoms with Crippen LogP contribution in [0.5, 0.6) is 0 Å². The van der Waals surface area contributed by atoms with Gasteiger partial charge in [-0.2, -0.15) is 0 Å². The van der Waals surface area contributed by atoms with Crippen LogP contribution >= 0.6 is 11.3 Å². The summed E-state index contributed by atoms with van der Waals surface area (Å²) in [6.45, 7) is 13.2. The first-order valence-electron chi connectivity index (χ1n) is 19.2. The highest BCUT2D eigenvalue weighted by atomic mass is 32.1. The Balaban J connectivity index is 1.28. The van der Waals surface area contributed by atoms with Crippen molar-refractivity contribution >= 4 is 46.6 Å². The minimum Gasteiger partial charge on any atom is -0.391 e. The number of aliphatic hydroxyl groups excluding tert-OH is 1. The van der Waals surface area contributed by atoms with Gasteiger partial charge in [-0.15, -0.1) is 11.3 Å². The van der Waals surface area contributed by atoms with Crippen LogP contribution in [0.2, 0.25) is 0 Å². The van der Waals surface area contributed by atoms with Crippen LogP contribution in [0.3, 0.4) is 0 Å². The molecule has 4 rings (SSSR count). The van der Waals surface area contributed by atoms with Gasteiger partial charge >= 0.3 is 0 Å². The molecule has 2 aromatic carbocycles. The lowest BCUT2D eigenvalue weighted by molar-refractivity contribution is -0.144. The number of anilines is 1. The third-order valence-electron chi connectivity index (χ3n) is 10.4. The Morgan fingerprint density at radius 2 is 1.69 bits per heavy atom. The van der Waals surface area contributed by atoms with E-state index in [4.69, 9.17) is 5.73 Å². The molecular formula is C42H58N6O6S. The lowest BCUT2D eigenvalue weighted by Gasteiger charge is -2.35.